The van der Waals surface area contributed by atoms with Crippen LogP contribution in [0.5, 0.6) is 0 Å². The van der Waals surface area contributed by atoms with Crippen molar-refractivity contribution in [3.8, 4) is 0 Å². The topological polar surface area (TPSA) is 60.9 Å². The van der Waals surface area contributed by atoms with Gasteiger partial charge in [0, 0.05) is 25.7 Å². The third-order valence-corrected chi connectivity index (χ3v) is 4.54. The van der Waals surface area contributed by atoms with E-state index in [0.717, 1.165) is 38.6 Å². The Hall–Kier alpha value is -1.26. The van der Waals surface area contributed by atoms with Crippen LogP contribution in [0.1, 0.15) is 51.9 Å². The number of likely N-dealkylation sites (tertiary alicyclic amines) is 2. The number of amides is 2. The molecular weight excluding hydrogens is 256 g/mol. The van der Waals surface area contributed by atoms with Crippen LogP contribution in [0.4, 0.5) is 4.79 Å². The highest BCUT2D eigenvalue weighted by molar-refractivity contribution is 5.77. The van der Waals surface area contributed by atoms with Gasteiger partial charge in [-0.1, -0.05) is 13.3 Å². The van der Waals surface area contributed by atoms with Crippen LogP contribution in [0.15, 0.2) is 0 Å². The maximum absolute atomic E-state index is 12.7. The molecule has 5 heteroatoms. The summed E-state index contributed by atoms with van der Waals surface area (Å²) in [5.74, 6) is -1.16. The Labute approximate surface area is 120 Å². The Morgan fingerprint density at radius 1 is 1.15 bits per heavy atom. The molecule has 2 saturated heterocycles. The van der Waals surface area contributed by atoms with Crippen molar-refractivity contribution in [3.05, 3.63) is 0 Å². The van der Waals surface area contributed by atoms with Gasteiger partial charge in [0.25, 0.3) is 0 Å². The molecule has 2 aliphatic rings. The summed E-state index contributed by atoms with van der Waals surface area (Å²) < 4.78 is 0. The summed E-state index contributed by atoms with van der Waals surface area (Å²) in [5, 5.41) is 9.13. The lowest BCUT2D eigenvalue weighted by Gasteiger charge is -2.41. The molecule has 0 bridgehead atoms. The lowest BCUT2D eigenvalue weighted by atomic mass is 9.97. The second-order valence-corrected chi connectivity index (χ2v) is 6.04. The molecule has 0 radical (unpaired) electrons. The summed E-state index contributed by atoms with van der Waals surface area (Å²) in [5.41, 5.74) is 0. The molecule has 2 fully saturated rings. The van der Waals surface area contributed by atoms with Crippen molar-refractivity contribution in [3.63, 3.8) is 0 Å². The van der Waals surface area contributed by atoms with Gasteiger partial charge in [-0.05, 0) is 38.5 Å². The fourth-order valence-corrected chi connectivity index (χ4v) is 3.42. The van der Waals surface area contributed by atoms with Gasteiger partial charge >= 0.3 is 12.0 Å². The van der Waals surface area contributed by atoms with Crippen LogP contribution in [0.25, 0.3) is 0 Å². The number of piperidine rings is 2. The second kappa shape index (κ2) is 6.95. The van der Waals surface area contributed by atoms with Gasteiger partial charge in [-0.15, -0.1) is 0 Å². The minimum atomic E-state index is -0.772. The third kappa shape index (κ3) is 3.44. The molecule has 2 heterocycles. The van der Waals surface area contributed by atoms with Gasteiger partial charge in [0.2, 0.25) is 0 Å². The Morgan fingerprint density at radius 2 is 1.95 bits per heavy atom. The number of aliphatic carboxylic acids is 1. The molecule has 20 heavy (non-hydrogen) atoms. The Kier molecular flexibility index (Phi) is 5.26. The van der Waals surface area contributed by atoms with Gasteiger partial charge in [0.05, 0.1) is 5.92 Å². The lowest BCUT2D eigenvalue weighted by molar-refractivity contribution is -0.143. The summed E-state index contributed by atoms with van der Waals surface area (Å²) in [6.07, 6.45) is 7.00. The predicted molar refractivity (Wildman–Crippen MR) is 76.6 cm³/mol. The number of rotatable bonds is 3. The molecule has 2 amide bonds. The van der Waals surface area contributed by atoms with E-state index in [9.17, 15) is 9.59 Å². The summed E-state index contributed by atoms with van der Waals surface area (Å²) >= 11 is 0. The number of carbonyl (C=O) groups excluding carboxylic acids is 1. The molecule has 0 aromatic rings. The number of nitrogens with zero attached hydrogens (tertiary/aromatic N) is 2. The summed E-state index contributed by atoms with van der Waals surface area (Å²) in [4.78, 5) is 27.5. The fourth-order valence-electron chi connectivity index (χ4n) is 3.42. The number of carboxylic acid groups (broad SMARTS) is 1. The average Bonchev–Trinajstić information content (AvgIpc) is 2.47. The standard InChI is InChI=1S/C15H26N2O3/c1-2-6-13-8-3-4-10-17(13)15(20)16-9-5-7-12(11-16)14(18)19/h12-13H,2-11H2,1H3,(H,18,19)/t12-,13?/m0/s1. The molecule has 0 aromatic carbocycles. The molecule has 0 aromatic heterocycles. The molecule has 0 spiro atoms. The monoisotopic (exact) mass is 282 g/mol. The molecule has 2 rings (SSSR count). The molecule has 1 N–H and O–H groups in total. The minimum absolute atomic E-state index is 0.0640. The lowest BCUT2D eigenvalue weighted by Crippen LogP contribution is -2.53. The minimum Gasteiger partial charge on any atom is -0.481 e. The maximum Gasteiger partial charge on any atom is 0.320 e. The average molecular weight is 282 g/mol. The highest BCUT2D eigenvalue weighted by Crippen LogP contribution is 2.24. The molecule has 2 aliphatic heterocycles. The van der Waals surface area contributed by atoms with Gasteiger partial charge in [-0.25, -0.2) is 4.79 Å². The number of hydrogen-bond acceptors (Lipinski definition) is 2. The van der Waals surface area contributed by atoms with Crippen LogP contribution < -0.4 is 0 Å². The summed E-state index contributed by atoms with van der Waals surface area (Å²) in [7, 11) is 0. The number of hydrogen-bond donors (Lipinski definition) is 1. The largest absolute Gasteiger partial charge is 0.481 e. The second-order valence-electron chi connectivity index (χ2n) is 6.04. The Balaban J connectivity index is 1.99. The van der Waals surface area contributed by atoms with E-state index in [1.807, 2.05) is 4.90 Å². The molecule has 114 valence electrons. The smallest absolute Gasteiger partial charge is 0.320 e. The van der Waals surface area contributed by atoms with E-state index in [4.69, 9.17) is 5.11 Å². The van der Waals surface area contributed by atoms with E-state index < -0.39 is 5.97 Å². The SMILES string of the molecule is CCCC1CCCCN1C(=O)N1CCC[C@H](C(=O)O)C1. The Bertz CT molecular complexity index is 357. The summed E-state index contributed by atoms with van der Waals surface area (Å²) in [6, 6.07) is 0.417. The van der Waals surface area contributed by atoms with E-state index in [1.165, 1.54) is 6.42 Å². The Morgan fingerprint density at radius 3 is 2.65 bits per heavy atom. The van der Waals surface area contributed by atoms with Crippen LogP contribution in [-0.2, 0) is 4.79 Å². The third-order valence-electron chi connectivity index (χ3n) is 4.54. The first-order chi connectivity index (χ1) is 9.63. The van der Waals surface area contributed by atoms with Crippen LogP contribution in [0.2, 0.25) is 0 Å². The van der Waals surface area contributed by atoms with Gasteiger partial charge in [-0.3, -0.25) is 4.79 Å². The zero-order chi connectivity index (χ0) is 14.5. The maximum atomic E-state index is 12.7. The van der Waals surface area contributed by atoms with Crippen molar-refractivity contribution >= 4 is 12.0 Å². The van der Waals surface area contributed by atoms with Crippen molar-refractivity contribution < 1.29 is 14.7 Å². The molecule has 0 saturated carbocycles. The summed E-state index contributed by atoms with van der Waals surface area (Å²) in [6.45, 7) is 4.07. The van der Waals surface area contributed by atoms with E-state index in [0.29, 0.717) is 25.6 Å². The number of urea groups is 1. The highest BCUT2D eigenvalue weighted by atomic mass is 16.4. The van der Waals surface area contributed by atoms with Crippen LogP contribution in [0.3, 0.4) is 0 Å². The van der Waals surface area contributed by atoms with Crippen molar-refractivity contribution in [1.29, 1.82) is 0 Å². The first kappa shape index (κ1) is 15.1. The van der Waals surface area contributed by atoms with E-state index in [1.54, 1.807) is 4.90 Å². The van der Waals surface area contributed by atoms with E-state index in [2.05, 4.69) is 6.92 Å². The first-order valence-corrected chi connectivity index (χ1v) is 7.91. The zero-order valence-electron chi connectivity index (χ0n) is 12.4. The normalized spacial score (nSPS) is 27.4. The molecular formula is C15H26N2O3. The highest BCUT2D eigenvalue weighted by Gasteiger charge is 2.33. The van der Waals surface area contributed by atoms with Crippen LogP contribution >= 0.6 is 0 Å². The molecule has 1 unspecified atom stereocenters. The zero-order valence-corrected chi connectivity index (χ0v) is 12.4. The number of carbonyl (C=O) groups is 2. The first-order valence-electron chi connectivity index (χ1n) is 7.91. The fraction of sp³-hybridized carbons (Fsp3) is 0.867. The van der Waals surface area contributed by atoms with E-state index >= 15 is 0 Å². The van der Waals surface area contributed by atoms with Crippen LogP contribution in [0, 0.1) is 5.92 Å². The molecule has 5 nitrogen and oxygen atoms in total. The van der Waals surface area contributed by atoms with Crippen molar-refractivity contribution in [2.45, 2.75) is 57.9 Å². The molecule has 0 aliphatic carbocycles. The van der Waals surface area contributed by atoms with Gasteiger partial charge in [-0.2, -0.15) is 0 Å². The molecule has 2 atom stereocenters. The van der Waals surface area contributed by atoms with Crippen molar-refractivity contribution in [2.24, 2.45) is 5.92 Å². The van der Waals surface area contributed by atoms with Gasteiger partial charge in [0.15, 0.2) is 0 Å². The van der Waals surface area contributed by atoms with Gasteiger partial charge < -0.3 is 14.9 Å². The van der Waals surface area contributed by atoms with E-state index in [-0.39, 0.29) is 11.9 Å². The quantitative estimate of drug-likeness (QED) is 0.865. The van der Waals surface area contributed by atoms with Crippen LogP contribution in [-0.4, -0.2) is 52.6 Å². The predicted octanol–water partition coefficient (Wildman–Crippen LogP) is 2.56. The van der Waals surface area contributed by atoms with Crippen molar-refractivity contribution in [2.75, 3.05) is 19.6 Å². The van der Waals surface area contributed by atoms with Crippen molar-refractivity contribution in [1.82, 2.24) is 9.80 Å². The number of carboxylic acids is 1. The van der Waals surface area contributed by atoms with Gasteiger partial charge in [0.1, 0.15) is 0 Å².